The first-order valence-electron chi connectivity index (χ1n) is 10.4. The summed E-state index contributed by atoms with van der Waals surface area (Å²) in [6.45, 7) is 0. The molecule has 2 N–H and O–H groups in total. The van der Waals surface area contributed by atoms with Crippen molar-refractivity contribution in [2.24, 2.45) is 5.92 Å². The molecule has 5 rings (SSSR count). The maximum Gasteiger partial charge on any atom is 0.433 e. The van der Waals surface area contributed by atoms with Gasteiger partial charge in [-0.3, -0.25) is 9.78 Å². The van der Waals surface area contributed by atoms with Gasteiger partial charge in [-0.1, -0.05) is 29.8 Å². The molecule has 12 heteroatoms. The van der Waals surface area contributed by atoms with Gasteiger partial charge in [0.15, 0.2) is 0 Å². The van der Waals surface area contributed by atoms with Gasteiger partial charge in [-0.25, -0.2) is 4.39 Å². The minimum atomic E-state index is -4.63. The van der Waals surface area contributed by atoms with E-state index in [-0.39, 0.29) is 45.9 Å². The number of benzene rings is 2. The van der Waals surface area contributed by atoms with Crippen LogP contribution in [-0.2, 0) is 11.0 Å². The van der Waals surface area contributed by atoms with Crippen LogP contribution in [0.15, 0.2) is 54.7 Å². The SMILES string of the molecule is O=C(Nc1cc(F)c(-c2ccc(C(F)(F)F)nc2)c(-c2nn[nH]n2)c1)[C@@H]1C[C@H]1c1ccc(Cl)cc1. The molecule has 2 heterocycles. The van der Waals surface area contributed by atoms with Gasteiger partial charge < -0.3 is 5.32 Å². The van der Waals surface area contributed by atoms with Crippen LogP contribution in [0.5, 0.6) is 0 Å². The molecule has 1 fully saturated rings. The van der Waals surface area contributed by atoms with Gasteiger partial charge in [0, 0.05) is 39.5 Å². The van der Waals surface area contributed by atoms with Crippen molar-refractivity contribution in [2.45, 2.75) is 18.5 Å². The molecule has 35 heavy (non-hydrogen) atoms. The van der Waals surface area contributed by atoms with E-state index in [0.717, 1.165) is 30.0 Å². The zero-order valence-electron chi connectivity index (χ0n) is 17.6. The number of carbonyl (C=O) groups excluding carboxylic acids is 1. The molecule has 0 bridgehead atoms. The monoisotopic (exact) mass is 502 g/mol. The summed E-state index contributed by atoms with van der Waals surface area (Å²) in [5, 5.41) is 16.8. The lowest BCUT2D eigenvalue weighted by atomic mass is 9.98. The number of aromatic amines is 1. The van der Waals surface area contributed by atoms with Gasteiger partial charge in [0.05, 0.1) is 0 Å². The van der Waals surface area contributed by atoms with E-state index in [0.29, 0.717) is 11.4 Å². The zero-order chi connectivity index (χ0) is 24.7. The number of anilines is 1. The number of amides is 1. The van der Waals surface area contributed by atoms with Gasteiger partial charge in [0.2, 0.25) is 11.7 Å². The van der Waals surface area contributed by atoms with Crippen LogP contribution in [-0.4, -0.2) is 31.5 Å². The van der Waals surface area contributed by atoms with Crippen LogP contribution >= 0.6 is 11.6 Å². The molecule has 2 aromatic carbocycles. The summed E-state index contributed by atoms with van der Waals surface area (Å²) in [4.78, 5) is 16.2. The minimum Gasteiger partial charge on any atom is -0.326 e. The molecule has 4 aromatic rings. The molecule has 0 saturated heterocycles. The summed E-state index contributed by atoms with van der Waals surface area (Å²) in [5.74, 6) is -1.33. The lowest BCUT2D eigenvalue weighted by Gasteiger charge is -2.13. The van der Waals surface area contributed by atoms with Gasteiger partial charge in [0.1, 0.15) is 11.5 Å². The average molecular weight is 503 g/mol. The maximum atomic E-state index is 15.3. The number of hydrogen-bond acceptors (Lipinski definition) is 5. The Morgan fingerprint density at radius 1 is 1.11 bits per heavy atom. The molecule has 2 atom stereocenters. The third kappa shape index (κ3) is 4.72. The molecule has 0 unspecified atom stereocenters. The third-order valence-corrected chi connectivity index (χ3v) is 5.96. The number of nitrogens with one attached hydrogen (secondary N) is 2. The molecule has 0 radical (unpaired) electrons. The molecule has 1 amide bonds. The molecule has 1 saturated carbocycles. The molecule has 1 aliphatic rings. The molecular weight excluding hydrogens is 488 g/mol. The van der Waals surface area contributed by atoms with E-state index in [9.17, 15) is 18.0 Å². The maximum absolute atomic E-state index is 15.3. The number of hydrogen-bond donors (Lipinski definition) is 2. The van der Waals surface area contributed by atoms with Crippen molar-refractivity contribution in [1.29, 1.82) is 0 Å². The van der Waals surface area contributed by atoms with Crippen LogP contribution in [0.2, 0.25) is 5.02 Å². The Kier molecular flexibility index (Phi) is 5.72. The topological polar surface area (TPSA) is 96.5 Å². The zero-order valence-corrected chi connectivity index (χ0v) is 18.4. The number of nitrogens with zero attached hydrogens (tertiary/aromatic N) is 4. The number of alkyl halides is 3. The number of halogens is 5. The Labute approximate surface area is 200 Å². The predicted octanol–water partition coefficient (Wildman–Crippen LogP) is 5.48. The standard InChI is InChI=1S/C23H15ClF4N6O/c24-13-4-1-11(2-5-13)15-9-16(15)22(35)30-14-7-17(21-31-33-34-32-21)20(18(25)8-14)12-3-6-19(29-10-12)23(26,27)28/h1-8,10,15-16H,9H2,(H,30,35)(H,31,32,33,34)/t15-,16+/m0/s1. The average Bonchev–Trinajstić information content (AvgIpc) is 3.43. The largest absolute Gasteiger partial charge is 0.433 e. The van der Waals surface area contributed by atoms with Crippen LogP contribution < -0.4 is 5.32 Å². The van der Waals surface area contributed by atoms with Crippen molar-refractivity contribution in [3.05, 3.63) is 76.8 Å². The lowest BCUT2D eigenvalue weighted by molar-refractivity contribution is -0.141. The number of H-pyrrole nitrogens is 1. The van der Waals surface area contributed by atoms with Crippen molar-refractivity contribution >= 4 is 23.2 Å². The number of rotatable bonds is 5. The minimum absolute atomic E-state index is 0.000333. The Bertz CT molecular complexity index is 1380. The number of tetrazole rings is 1. The molecule has 178 valence electrons. The van der Waals surface area contributed by atoms with Crippen LogP contribution in [0.1, 0.15) is 23.6 Å². The Morgan fingerprint density at radius 2 is 1.89 bits per heavy atom. The van der Waals surface area contributed by atoms with Gasteiger partial charge in [0.25, 0.3) is 0 Å². The van der Waals surface area contributed by atoms with E-state index >= 15 is 4.39 Å². The van der Waals surface area contributed by atoms with Crippen molar-refractivity contribution in [3.63, 3.8) is 0 Å². The highest BCUT2D eigenvalue weighted by molar-refractivity contribution is 6.30. The first-order chi connectivity index (χ1) is 16.7. The Hall–Kier alpha value is -3.86. The van der Waals surface area contributed by atoms with Gasteiger partial charge >= 0.3 is 6.18 Å². The Balaban J connectivity index is 1.43. The fourth-order valence-corrected chi connectivity index (χ4v) is 4.06. The summed E-state index contributed by atoms with van der Waals surface area (Å²) >= 11 is 5.91. The number of carbonyl (C=O) groups is 1. The second-order valence-electron chi connectivity index (χ2n) is 8.04. The van der Waals surface area contributed by atoms with E-state index < -0.39 is 17.7 Å². The van der Waals surface area contributed by atoms with Gasteiger partial charge in [-0.05, 0) is 53.4 Å². The van der Waals surface area contributed by atoms with Crippen LogP contribution in [0.3, 0.4) is 0 Å². The normalized spacial score (nSPS) is 17.3. The molecule has 2 aromatic heterocycles. The van der Waals surface area contributed by atoms with Crippen LogP contribution in [0, 0.1) is 11.7 Å². The number of aromatic nitrogens is 5. The van der Waals surface area contributed by atoms with Gasteiger partial charge in [-0.2, -0.15) is 18.4 Å². The molecule has 1 aliphatic carbocycles. The highest BCUT2D eigenvalue weighted by atomic mass is 35.5. The highest BCUT2D eigenvalue weighted by Gasteiger charge is 2.44. The third-order valence-electron chi connectivity index (χ3n) is 5.71. The van der Waals surface area contributed by atoms with Crippen molar-refractivity contribution in [3.8, 4) is 22.5 Å². The summed E-state index contributed by atoms with van der Waals surface area (Å²) in [6, 6.07) is 11.6. The highest BCUT2D eigenvalue weighted by Crippen LogP contribution is 2.48. The summed E-state index contributed by atoms with van der Waals surface area (Å²) in [6.07, 6.45) is -3.07. The smallest absolute Gasteiger partial charge is 0.326 e. The molecular formula is C23H15ClF4N6O. The fourth-order valence-electron chi connectivity index (χ4n) is 3.93. The number of pyridine rings is 1. The van der Waals surface area contributed by atoms with E-state index in [1.54, 1.807) is 12.1 Å². The second kappa shape index (κ2) is 8.73. The van der Waals surface area contributed by atoms with Crippen molar-refractivity contribution in [2.75, 3.05) is 5.32 Å². The summed E-state index contributed by atoms with van der Waals surface area (Å²) in [7, 11) is 0. The van der Waals surface area contributed by atoms with Crippen molar-refractivity contribution in [1.82, 2.24) is 25.6 Å². The van der Waals surface area contributed by atoms with Crippen molar-refractivity contribution < 1.29 is 22.4 Å². The van der Waals surface area contributed by atoms with E-state index in [1.165, 1.54) is 6.07 Å². The molecule has 0 aliphatic heterocycles. The lowest BCUT2D eigenvalue weighted by Crippen LogP contribution is -2.15. The Morgan fingerprint density at radius 3 is 2.51 bits per heavy atom. The summed E-state index contributed by atoms with van der Waals surface area (Å²) in [5.41, 5.74) is 0.164. The summed E-state index contributed by atoms with van der Waals surface area (Å²) < 4.78 is 53.9. The second-order valence-corrected chi connectivity index (χ2v) is 8.47. The first kappa shape index (κ1) is 22.9. The van der Waals surface area contributed by atoms with E-state index in [4.69, 9.17) is 11.6 Å². The van der Waals surface area contributed by atoms with E-state index in [2.05, 4.69) is 30.9 Å². The first-order valence-corrected chi connectivity index (χ1v) is 10.8. The van der Waals surface area contributed by atoms with E-state index in [1.807, 2.05) is 12.1 Å². The van der Waals surface area contributed by atoms with Crippen LogP contribution in [0.25, 0.3) is 22.5 Å². The molecule has 7 nitrogen and oxygen atoms in total. The van der Waals surface area contributed by atoms with Crippen LogP contribution in [0.4, 0.5) is 23.2 Å². The van der Waals surface area contributed by atoms with Gasteiger partial charge in [-0.15, -0.1) is 10.2 Å². The quantitative estimate of drug-likeness (QED) is 0.352. The fraction of sp³-hybridized carbons (Fsp3) is 0.174. The predicted molar refractivity (Wildman–Crippen MR) is 119 cm³/mol. The molecule has 0 spiro atoms.